The molecule has 0 unspecified atom stereocenters. The number of piperidine rings is 1. The van der Waals surface area contributed by atoms with E-state index in [9.17, 15) is 18.8 Å². The third-order valence-corrected chi connectivity index (χ3v) is 7.17. The molecule has 2 fully saturated rings. The number of para-hydroxylation sites is 1. The number of rotatable bonds is 6. The summed E-state index contributed by atoms with van der Waals surface area (Å²) in [5.74, 6) is -0.782. The fourth-order valence-corrected chi connectivity index (χ4v) is 5.31. The Hall–Kier alpha value is -3.59. The first-order valence-electron chi connectivity index (χ1n) is 11.3. The van der Waals surface area contributed by atoms with Crippen LogP contribution < -0.4 is 15.9 Å². The van der Waals surface area contributed by atoms with Gasteiger partial charge in [0, 0.05) is 23.5 Å². The molecule has 10 heteroatoms. The lowest BCUT2D eigenvalue weighted by Crippen LogP contribution is -2.48. The van der Waals surface area contributed by atoms with Crippen LogP contribution in [-0.4, -0.2) is 39.6 Å². The van der Waals surface area contributed by atoms with Crippen LogP contribution in [-0.2, 0) is 22.6 Å². The highest BCUT2D eigenvalue weighted by Gasteiger charge is 2.55. The van der Waals surface area contributed by atoms with E-state index in [1.165, 1.54) is 10.8 Å². The predicted octanol–water partition coefficient (Wildman–Crippen LogP) is 3.10. The van der Waals surface area contributed by atoms with Crippen LogP contribution in [0.3, 0.4) is 0 Å². The van der Waals surface area contributed by atoms with E-state index in [0.717, 1.165) is 11.8 Å². The van der Waals surface area contributed by atoms with Crippen molar-refractivity contribution in [2.24, 2.45) is 11.7 Å². The van der Waals surface area contributed by atoms with Crippen molar-refractivity contribution >= 4 is 40.4 Å². The van der Waals surface area contributed by atoms with Crippen molar-refractivity contribution in [1.29, 1.82) is 0 Å². The molecule has 1 aliphatic carbocycles. The number of benzene rings is 2. The van der Waals surface area contributed by atoms with Crippen molar-refractivity contribution in [1.82, 2.24) is 14.9 Å². The van der Waals surface area contributed by atoms with Gasteiger partial charge in [-0.1, -0.05) is 41.9 Å². The van der Waals surface area contributed by atoms with Gasteiger partial charge in [0.15, 0.2) is 0 Å². The van der Waals surface area contributed by atoms with Crippen molar-refractivity contribution in [2.45, 2.75) is 44.8 Å². The zero-order valence-corrected chi connectivity index (χ0v) is 19.7. The molecule has 0 radical (unpaired) electrons. The Kier molecular flexibility index (Phi) is 5.88. The summed E-state index contributed by atoms with van der Waals surface area (Å²) in [6.07, 6.45) is 0.521. The number of nitrogens with zero attached hydrogens (tertiary/aromatic N) is 2. The van der Waals surface area contributed by atoms with Gasteiger partial charge in [-0.15, -0.1) is 0 Å². The molecule has 2 heterocycles. The second kappa shape index (κ2) is 8.88. The summed E-state index contributed by atoms with van der Waals surface area (Å²) >= 11 is 5.83. The third kappa shape index (κ3) is 4.20. The molecule has 1 aromatic heterocycles. The van der Waals surface area contributed by atoms with Gasteiger partial charge in [-0.05, 0) is 43.4 Å². The Morgan fingerprint density at radius 1 is 1.17 bits per heavy atom. The summed E-state index contributed by atoms with van der Waals surface area (Å²) in [5, 5.41) is 3.52. The molecule has 1 saturated carbocycles. The molecule has 5 rings (SSSR count). The molecule has 3 atom stereocenters. The number of carbonyl (C=O) groups excluding carboxylic acids is 3. The van der Waals surface area contributed by atoms with Crippen molar-refractivity contribution < 1.29 is 23.6 Å². The molecule has 3 aromatic rings. The molecular weight excluding hydrogens is 475 g/mol. The third-order valence-electron chi connectivity index (χ3n) is 6.88. The maximum atomic E-state index is 14.2. The lowest BCUT2D eigenvalue weighted by molar-refractivity contribution is -0.139. The minimum atomic E-state index is -0.958. The van der Waals surface area contributed by atoms with Crippen LogP contribution in [0.1, 0.15) is 29.7 Å². The van der Waals surface area contributed by atoms with Crippen molar-refractivity contribution in [2.75, 3.05) is 0 Å². The van der Waals surface area contributed by atoms with Crippen molar-refractivity contribution in [3.8, 4) is 0 Å². The average molecular weight is 499 g/mol. The van der Waals surface area contributed by atoms with Crippen LogP contribution in [0.5, 0.6) is 0 Å². The number of fused-ring (bicyclic) bond motifs is 2. The first-order valence-corrected chi connectivity index (χ1v) is 11.7. The first-order chi connectivity index (χ1) is 16.8. The molecule has 3 amide bonds. The molecule has 8 nitrogen and oxygen atoms in total. The summed E-state index contributed by atoms with van der Waals surface area (Å²) in [7, 11) is 0. The number of aromatic nitrogens is 1. The largest absolute Gasteiger partial charge is 0.429 e. The SMILES string of the molecule is Cc1c(CC(=O)N2[C@@H]3C[C@@H]3C[C@H]2C(=O)NCc2cccc(Cl)c2F)c2ccccc2n1OC(N)=O. The van der Waals surface area contributed by atoms with Gasteiger partial charge in [-0.25, -0.2) is 9.18 Å². The molecular formula is C25H24ClFN4O4. The summed E-state index contributed by atoms with van der Waals surface area (Å²) in [5.41, 5.74) is 7.42. The van der Waals surface area contributed by atoms with Crippen LogP contribution in [0.15, 0.2) is 42.5 Å². The van der Waals surface area contributed by atoms with E-state index in [0.29, 0.717) is 29.1 Å². The molecule has 0 bridgehead atoms. The van der Waals surface area contributed by atoms with E-state index >= 15 is 0 Å². The number of primary amides is 1. The minimum Gasteiger partial charge on any atom is -0.350 e. The summed E-state index contributed by atoms with van der Waals surface area (Å²) in [6.45, 7) is 1.73. The Balaban J connectivity index is 1.35. The lowest BCUT2D eigenvalue weighted by Gasteiger charge is -2.27. The number of nitrogens with two attached hydrogens (primary N) is 1. The summed E-state index contributed by atoms with van der Waals surface area (Å²) < 4.78 is 15.5. The fourth-order valence-electron chi connectivity index (χ4n) is 5.11. The number of amides is 3. The second-order valence-electron chi connectivity index (χ2n) is 9.01. The Morgan fingerprint density at radius 3 is 2.71 bits per heavy atom. The molecule has 35 heavy (non-hydrogen) atoms. The Morgan fingerprint density at radius 2 is 1.94 bits per heavy atom. The second-order valence-corrected chi connectivity index (χ2v) is 9.42. The number of halogens is 2. The summed E-state index contributed by atoms with van der Waals surface area (Å²) in [4.78, 5) is 44.7. The minimum absolute atomic E-state index is 0.00878. The molecule has 182 valence electrons. The number of carbonyl (C=O) groups is 3. The van der Waals surface area contributed by atoms with Gasteiger partial charge in [-0.3, -0.25) is 9.59 Å². The smallest absolute Gasteiger partial charge is 0.350 e. The van der Waals surface area contributed by atoms with E-state index in [1.54, 1.807) is 36.1 Å². The van der Waals surface area contributed by atoms with Gasteiger partial charge in [0.05, 0.1) is 22.7 Å². The number of hydrogen-bond acceptors (Lipinski definition) is 4. The van der Waals surface area contributed by atoms with E-state index in [-0.39, 0.29) is 41.4 Å². The number of nitrogens with one attached hydrogen (secondary N) is 1. The molecule has 1 saturated heterocycles. The number of hydrogen-bond donors (Lipinski definition) is 2. The number of likely N-dealkylation sites (tertiary alicyclic amines) is 1. The lowest BCUT2D eigenvalue weighted by atomic mass is 10.1. The predicted molar refractivity (Wildman–Crippen MR) is 127 cm³/mol. The molecule has 0 spiro atoms. The van der Waals surface area contributed by atoms with E-state index < -0.39 is 18.0 Å². The first kappa shape index (κ1) is 23.2. The van der Waals surface area contributed by atoms with Gasteiger partial charge < -0.3 is 20.8 Å². The van der Waals surface area contributed by atoms with E-state index in [1.807, 2.05) is 12.1 Å². The van der Waals surface area contributed by atoms with Gasteiger partial charge in [-0.2, -0.15) is 4.73 Å². The van der Waals surface area contributed by atoms with E-state index in [2.05, 4.69) is 5.32 Å². The fraction of sp³-hybridized carbons (Fsp3) is 0.320. The molecule has 2 aliphatic rings. The van der Waals surface area contributed by atoms with Crippen molar-refractivity contribution in [3.63, 3.8) is 0 Å². The zero-order valence-electron chi connectivity index (χ0n) is 19.0. The maximum absolute atomic E-state index is 14.2. The zero-order chi connectivity index (χ0) is 24.9. The molecule has 3 N–H and O–H groups in total. The van der Waals surface area contributed by atoms with Crippen LogP contribution in [0.4, 0.5) is 9.18 Å². The Labute approximate surface area is 205 Å². The standard InChI is InChI=1S/C25H24ClFN4O4/c1-13-17(16-6-2-3-8-19(16)31(13)35-25(28)34)11-22(32)30-20-9-15(20)10-21(30)24(33)29-12-14-5-4-7-18(26)23(14)27/h2-8,15,20-21H,9-12H2,1H3,(H2,28,34)(H,29,33)/t15-,20-,21+/m1/s1. The van der Waals surface area contributed by atoms with Gasteiger partial charge >= 0.3 is 6.09 Å². The van der Waals surface area contributed by atoms with Crippen LogP contribution in [0.2, 0.25) is 5.02 Å². The van der Waals surface area contributed by atoms with Crippen LogP contribution >= 0.6 is 11.6 Å². The van der Waals surface area contributed by atoms with Gasteiger partial charge in [0.25, 0.3) is 0 Å². The van der Waals surface area contributed by atoms with Crippen LogP contribution in [0, 0.1) is 18.7 Å². The highest BCUT2D eigenvalue weighted by atomic mass is 35.5. The maximum Gasteiger partial charge on any atom is 0.429 e. The monoisotopic (exact) mass is 498 g/mol. The Bertz CT molecular complexity index is 1360. The summed E-state index contributed by atoms with van der Waals surface area (Å²) in [6, 6.07) is 11.3. The highest BCUT2D eigenvalue weighted by Crippen LogP contribution is 2.48. The quantitative estimate of drug-likeness (QED) is 0.544. The highest BCUT2D eigenvalue weighted by molar-refractivity contribution is 6.30. The average Bonchev–Trinajstić information content (AvgIpc) is 3.42. The van der Waals surface area contributed by atoms with Crippen LogP contribution in [0.25, 0.3) is 10.9 Å². The van der Waals surface area contributed by atoms with Crippen molar-refractivity contribution in [3.05, 3.63) is 70.1 Å². The van der Waals surface area contributed by atoms with E-state index in [4.69, 9.17) is 22.2 Å². The normalized spacial score (nSPS) is 20.5. The molecule has 1 aliphatic heterocycles. The van der Waals surface area contributed by atoms with Gasteiger partial charge in [0.1, 0.15) is 11.9 Å². The molecule has 2 aromatic carbocycles. The van der Waals surface area contributed by atoms with Gasteiger partial charge in [0.2, 0.25) is 11.8 Å². The topological polar surface area (TPSA) is 107 Å².